The van der Waals surface area contributed by atoms with Gasteiger partial charge in [0, 0.05) is 16.9 Å². The molecule has 328 valence electrons. The number of hydrogen-bond donors (Lipinski definition) is 0. The molecule has 0 fully saturated rings. The summed E-state index contributed by atoms with van der Waals surface area (Å²) in [5, 5.41) is 5.00. The molecule has 0 spiro atoms. The maximum absolute atomic E-state index is 2.42. The highest BCUT2D eigenvalue weighted by molar-refractivity contribution is 6.00. The Morgan fingerprint density at radius 1 is 0.243 bits per heavy atom. The minimum Gasteiger partial charge on any atom is -0.310 e. The fraction of sp³-hybridized carbons (Fsp3) is 0.0145. The molecule has 0 amide bonds. The van der Waals surface area contributed by atoms with Gasteiger partial charge in [-0.25, -0.2) is 0 Å². The van der Waals surface area contributed by atoms with Gasteiger partial charge in [-0.1, -0.05) is 255 Å². The van der Waals surface area contributed by atoms with Crippen LogP contribution in [0.25, 0.3) is 77.2 Å². The lowest BCUT2D eigenvalue weighted by molar-refractivity contribution is 0.768. The second-order valence-corrected chi connectivity index (χ2v) is 18.3. The zero-order chi connectivity index (χ0) is 46.4. The van der Waals surface area contributed by atoms with Crippen molar-refractivity contribution >= 4 is 38.6 Å². The Kier molecular flexibility index (Phi) is 10.1. The van der Waals surface area contributed by atoms with E-state index in [2.05, 4.69) is 290 Å². The highest BCUT2D eigenvalue weighted by atomic mass is 15.1. The van der Waals surface area contributed by atoms with Crippen molar-refractivity contribution in [2.45, 2.75) is 5.41 Å². The second-order valence-electron chi connectivity index (χ2n) is 18.3. The van der Waals surface area contributed by atoms with Crippen molar-refractivity contribution in [2.24, 2.45) is 0 Å². The number of anilines is 3. The Morgan fingerprint density at radius 2 is 0.614 bits per heavy atom. The Morgan fingerprint density at radius 3 is 1.19 bits per heavy atom. The molecule has 0 radical (unpaired) electrons. The van der Waals surface area contributed by atoms with Gasteiger partial charge in [0.1, 0.15) is 0 Å². The molecule has 0 heterocycles. The second kappa shape index (κ2) is 17.2. The number of rotatable bonds is 9. The van der Waals surface area contributed by atoms with Crippen LogP contribution in [0.2, 0.25) is 0 Å². The van der Waals surface area contributed by atoms with Gasteiger partial charge in [-0.05, 0) is 124 Å². The highest BCUT2D eigenvalue weighted by Crippen LogP contribution is 2.58. The van der Waals surface area contributed by atoms with Gasteiger partial charge in [0.05, 0.1) is 11.1 Å². The molecule has 0 bridgehead atoms. The summed E-state index contributed by atoms with van der Waals surface area (Å²) in [6.45, 7) is 0. The zero-order valence-corrected chi connectivity index (χ0v) is 38.6. The quantitative estimate of drug-likeness (QED) is 0.140. The van der Waals surface area contributed by atoms with E-state index in [1.165, 1.54) is 88.3 Å². The minimum atomic E-state index is -0.462. The standard InChI is InChI=1S/C69H47N/c1-3-22-54(23-4-1)69(55-24-5-2-6-25-55)65-33-13-11-29-64(65)68-63(32-17-34-66(68)69)53-42-46-57(47-43-53)70(56-44-40-51(41-45-56)61-31-16-21-49-19-8-10-27-59(49)61)67-35-14-12-28-62(67)52-38-36-50(37-39-52)60-30-15-20-48-18-7-9-26-58(48)60/h1-47H. The maximum atomic E-state index is 2.42. The molecule has 0 aliphatic heterocycles. The molecule has 12 aromatic carbocycles. The van der Waals surface area contributed by atoms with E-state index in [1.54, 1.807) is 0 Å². The molecule has 1 aliphatic rings. The number of benzene rings is 12. The maximum Gasteiger partial charge on any atom is 0.0713 e. The van der Waals surface area contributed by atoms with Gasteiger partial charge in [-0.2, -0.15) is 0 Å². The largest absolute Gasteiger partial charge is 0.310 e. The number of hydrogen-bond acceptors (Lipinski definition) is 1. The van der Waals surface area contributed by atoms with Crippen molar-refractivity contribution in [3.63, 3.8) is 0 Å². The lowest BCUT2D eigenvalue weighted by Crippen LogP contribution is -2.28. The van der Waals surface area contributed by atoms with Crippen molar-refractivity contribution in [1.82, 2.24) is 0 Å². The van der Waals surface area contributed by atoms with Gasteiger partial charge in [-0.15, -0.1) is 0 Å². The first kappa shape index (κ1) is 41.2. The van der Waals surface area contributed by atoms with Crippen LogP contribution in [0.1, 0.15) is 22.3 Å². The monoisotopic (exact) mass is 889 g/mol. The van der Waals surface area contributed by atoms with Gasteiger partial charge >= 0.3 is 0 Å². The third-order valence-electron chi connectivity index (χ3n) is 14.6. The van der Waals surface area contributed by atoms with E-state index in [4.69, 9.17) is 0 Å². The van der Waals surface area contributed by atoms with E-state index in [1.807, 2.05) is 0 Å². The molecule has 13 rings (SSSR count). The molecule has 1 aliphatic carbocycles. The van der Waals surface area contributed by atoms with Gasteiger partial charge < -0.3 is 4.90 Å². The molecular weight excluding hydrogens is 843 g/mol. The van der Waals surface area contributed by atoms with Crippen LogP contribution in [-0.2, 0) is 5.41 Å². The Balaban J connectivity index is 0.943. The SMILES string of the molecule is c1ccc(C2(c3ccccc3)c3ccccc3-c3c(-c4ccc(N(c5ccc(-c6cccc7ccccc67)cc5)c5ccccc5-c5ccc(-c6cccc7ccccc67)cc5)cc4)cccc32)cc1. The number of nitrogens with zero attached hydrogens (tertiary/aromatic N) is 1. The molecule has 0 unspecified atom stereocenters. The number of fused-ring (bicyclic) bond motifs is 5. The summed E-state index contributed by atoms with van der Waals surface area (Å²) in [6, 6.07) is 105. The summed E-state index contributed by atoms with van der Waals surface area (Å²) in [5.41, 5.74) is 20.1. The predicted molar refractivity (Wildman–Crippen MR) is 295 cm³/mol. The third-order valence-corrected chi connectivity index (χ3v) is 14.6. The highest BCUT2D eigenvalue weighted by Gasteiger charge is 2.46. The third kappa shape index (κ3) is 6.78. The van der Waals surface area contributed by atoms with Crippen LogP contribution in [0.4, 0.5) is 17.1 Å². The molecule has 12 aromatic rings. The van der Waals surface area contributed by atoms with Crippen LogP contribution >= 0.6 is 0 Å². The molecule has 70 heavy (non-hydrogen) atoms. The van der Waals surface area contributed by atoms with Crippen molar-refractivity contribution in [3.05, 3.63) is 307 Å². The Labute approximate surface area is 409 Å². The molecule has 1 heteroatoms. The van der Waals surface area contributed by atoms with Crippen LogP contribution in [-0.4, -0.2) is 0 Å². The van der Waals surface area contributed by atoms with Crippen LogP contribution < -0.4 is 4.90 Å². The summed E-state index contributed by atoms with van der Waals surface area (Å²) in [6.07, 6.45) is 0. The lowest BCUT2D eigenvalue weighted by atomic mass is 9.67. The molecular formula is C69H47N. The van der Waals surface area contributed by atoms with Gasteiger partial charge in [0.2, 0.25) is 0 Å². The van der Waals surface area contributed by atoms with E-state index < -0.39 is 5.41 Å². The van der Waals surface area contributed by atoms with E-state index in [9.17, 15) is 0 Å². The first-order chi connectivity index (χ1) is 34.7. The van der Waals surface area contributed by atoms with Crippen LogP contribution in [0.5, 0.6) is 0 Å². The fourth-order valence-corrected chi connectivity index (χ4v) is 11.4. The molecule has 0 N–H and O–H groups in total. The van der Waals surface area contributed by atoms with Crippen LogP contribution in [0.3, 0.4) is 0 Å². The molecule has 0 aromatic heterocycles. The summed E-state index contributed by atoms with van der Waals surface area (Å²) in [5.74, 6) is 0. The van der Waals surface area contributed by atoms with Crippen LogP contribution in [0.15, 0.2) is 285 Å². The van der Waals surface area contributed by atoms with Crippen molar-refractivity contribution in [2.75, 3.05) is 4.90 Å². The topological polar surface area (TPSA) is 3.24 Å². The van der Waals surface area contributed by atoms with E-state index in [0.717, 1.165) is 28.2 Å². The average molecular weight is 890 g/mol. The zero-order valence-electron chi connectivity index (χ0n) is 38.6. The molecule has 0 saturated carbocycles. The van der Waals surface area contributed by atoms with Gasteiger partial charge in [-0.3, -0.25) is 0 Å². The van der Waals surface area contributed by atoms with Crippen LogP contribution in [0, 0.1) is 0 Å². The average Bonchev–Trinajstić information content (AvgIpc) is 3.75. The minimum absolute atomic E-state index is 0.462. The smallest absolute Gasteiger partial charge is 0.0713 e. The summed E-state index contributed by atoms with van der Waals surface area (Å²) < 4.78 is 0. The van der Waals surface area contributed by atoms with Crippen molar-refractivity contribution < 1.29 is 0 Å². The Bertz CT molecular complexity index is 3800. The van der Waals surface area contributed by atoms with Gasteiger partial charge in [0.15, 0.2) is 0 Å². The molecule has 0 saturated heterocycles. The molecule has 0 atom stereocenters. The predicted octanol–water partition coefficient (Wildman–Crippen LogP) is 18.5. The summed E-state index contributed by atoms with van der Waals surface area (Å²) in [4.78, 5) is 2.42. The summed E-state index contributed by atoms with van der Waals surface area (Å²) in [7, 11) is 0. The van der Waals surface area contributed by atoms with Crippen molar-refractivity contribution in [1.29, 1.82) is 0 Å². The lowest BCUT2D eigenvalue weighted by Gasteiger charge is -2.34. The first-order valence-corrected chi connectivity index (χ1v) is 24.2. The summed E-state index contributed by atoms with van der Waals surface area (Å²) >= 11 is 0. The van der Waals surface area contributed by atoms with E-state index in [-0.39, 0.29) is 0 Å². The Hall–Kier alpha value is -9.04. The first-order valence-electron chi connectivity index (χ1n) is 24.2. The normalized spacial score (nSPS) is 12.4. The fourth-order valence-electron chi connectivity index (χ4n) is 11.4. The van der Waals surface area contributed by atoms with Crippen molar-refractivity contribution in [3.8, 4) is 55.6 Å². The van der Waals surface area contributed by atoms with E-state index in [0.29, 0.717) is 0 Å². The molecule has 1 nitrogen and oxygen atoms in total. The van der Waals surface area contributed by atoms with E-state index >= 15 is 0 Å². The van der Waals surface area contributed by atoms with Gasteiger partial charge in [0.25, 0.3) is 0 Å². The number of para-hydroxylation sites is 1.